The Morgan fingerprint density at radius 3 is 3.00 bits per heavy atom. The molecule has 1 aliphatic heterocycles. The van der Waals surface area contributed by atoms with Crippen LogP contribution in [0.15, 0.2) is 22.8 Å². The van der Waals surface area contributed by atoms with Crippen LogP contribution in [0, 0.1) is 5.92 Å². The van der Waals surface area contributed by atoms with Crippen molar-refractivity contribution in [3.05, 3.63) is 28.5 Å². The van der Waals surface area contributed by atoms with E-state index in [1.54, 1.807) is 6.07 Å². The zero-order valence-electron chi connectivity index (χ0n) is 10.7. The van der Waals surface area contributed by atoms with Gasteiger partial charge in [0.1, 0.15) is 10.3 Å². The van der Waals surface area contributed by atoms with E-state index in [-0.39, 0.29) is 5.91 Å². The molecule has 4 heteroatoms. The highest BCUT2D eigenvalue weighted by Crippen LogP contribution is 2.21. The topological polar surface area (TPSA) is 33.2 Å². The highest BCUT2D eigenvalue weighted by molar-refractivity contribution is 9.10. The average Bonchev–Trinajstić information content (AvgIpc) is 2.63. The van der Waals surface area contributed by atoms with E-state index in [1.807, 2.05) is 17.0 Å². The molecule has 1 atom stereocenters. The molecule has 2 rings (SSSR count). The first kappa shape index (κ1) is 13.5. The summed E-state index contributed by atoms with van der Waals surface area (Å²) in [5.41, 5.74) is 0.541. The Kier molecular flexibility index (Phi) is 4.75. The number of hydrogen-bond acceptors (Lipinski definition) is 2. The van der Waals surface area contributed by atoms with E-state index in [2.05, 4.69) is 27.8 Å². The maximum absolute atomic E-state index is 12.3. The minimum absolute atomic E-state index is 0.0630. The maximum Gasteiger partial charge on any atom is 0.272 e. The van der Waals surface area contributed by atoms with Gasteiger partial charge >= 0.3 is 0 Å². The predicted octanol–water partition coefficient (Wildman–Crippen LogP) is 3.50. The van der Waals surface area contributed by atoms with Crippen molar-refractivity contribution in [1.29, 1.82) is 0 Å². The first-order chi connectivity index (χ1) is 8.70. The first-order valence-corrected chi connectivity index (χ1v) is 7.42. The smallest absolute Gasteiger partial charge is 0.272 e. The standard InChI is InChI=1S/C14H19BrN2O/c1-2-11-5-4-9-17(10-8-11)14(18)12-6-3-7-13(15)16-12/h3,6-7,11H,2,4-5,8-10H2,1H3. The van der Waals surface area contributed by atoms with Crippen LogP contribution in [0.1, 0.15) is 43.1 Å². The van der Waals surface area contributed by atoms with Gasteiger partial charge in [0.2, 0.25) is 0 Å². The third-order valence-electron chi connectivity index (χ3n) is 3.65. The second-order valence-corrected chi connectivity index (χ2v) is 5.66. The number of aromatic nitrogens is 1. The molecule has 0 aliphatic carbocycles. The molecule has 2 heterocycles. The monoisotopic (exact) mass is 310 g/mol. The predicted molar refractivity (Wildman–Crippen MR) is 75.5 cm³/mol. The summed E-state index contributed by atoms with van der Waals surface area (Å²) in [5.74, 6) is 0.839. The Bertz CT molecular complexity index is 422. The van der Waals surface area contributed by atoms with Crippen molar-refractivity contribution in [1.82, 2.24) is 9.88 Å². The first-order valence-electron chi connectivity index (χ1n) is 6.62. The van der Waals surface area contributed by atoms with Crippen LogP contribution in [0.4, 0.5) is 0 Å². The number of pyridine rings is 1. The van der Waals surface area contributed by atoms with E-state index in [0.29, 0.717) is 5.69 Å². The minimum Gasteiger partial charge on any atom is -0.337 e. The highest BCUT2D eigenvalue weighted by atomic mass is 79.9. The van der Waals surface area contributed by atoms with Gasteiger partial charge in [0.05, 0.1) is 0 Å². The molecule has 1 unspecified atom stereocenters. The van der Waals surface area contributed by atoms with E-state index >= 15 is 0 Å². The van der Waals surface area contributed by atoms with Gasteiger partial charge in [0, 0.05) is 13.1 Å². The summed E-state index contributed by atoms with van der Waals surface area (Å²) in [6.45, 7) is 3.97. The van der Waals surface area contributed by atoms with Crippen LogP contribution in [0.5, 0.6) is 0 Å². The van der Waals surface area contributed by atoms with E-state index in [9.17, 15) is 4.79 Å². The Morgan fingerprint density at radius 1 is 1.44 bits per heavy atom. The van der Waals surface area contributed by atoms with E-state index in [4.69, 9.17) is 0 Å². The van der Waals surface area contributed by atoms with Crippen LogP contribution in [-0.2, 0) is 0 Å². The molecule has 0 bridgehead atoms. The second-order valence-electron chi connectivity index (χ2n) is 4.84. The number of likely N-dealkylation sites (tertiary alicyclic amines) is 1. The number of nitrogens with zero attached hydrogens (tertiary/aromatic N) is 2. The Balaban J connectivity index is 2.05. The van der Waals surface area contributed by atoms with Crippen LogP contribution in [-0.4, -0.2) is 28.9 Å². The lowest BCUT2D eigenvalue weighted by Crippen LogP contribution is -2.32. The molecule has 0 N–H and O–H groups in total. The molecular formula is C14H19BrN2O. The summed E-state index contributed by atoms with van der Waals surface area (Å²) < 4.78 is 0.717. The number of carbonyl (C=O) groups excluding carboxylic acids is 1. The second kappa shape index (κ2) is 6.32. The van der Waals surface area contributed by atoms with Gasteiger partial charge in [0.15, 0.2) is 0 Å². The van der Waals surface area contributed by atoms with Crippen molar-refractivity contribution in [2.75, 3.05) is 13.1 Å². The van der Waals surface area contributed by atoms with Crippen LogP contribution in [0.3, 0.4) is 0 Å². The van der Waals surface area contributed by atoms with Crippen LogP contribution in [0.2, 0.25) is 0 Å². The van der Waals surface area contributed by atoms with Crippen LogP contribution in [0.25, 0.3) is 0 Å². The summed E-state index contributed by atoms with van der Waals surface area (Å²) >= 11 is 3.31. The zero-order valence-corrected chi connectivity index (χ0v) is 12.3. The quantitative estimate of drug-likeness (QED) is 0.783. The Labute approximate surface area is 117 Å². The van der Waals surface area contributed by atoms with E-state index in [0.717, 1.165) is 36.5 Å². The molecule has 0 spiro atoms. The number of halogens is 1. The third-order valence-corrected chi connectivity index (χ3v) is 4.09. The molecule has 0 aromatic carbocycles. The normalized spacial score (nSPS) is 20.6. The van der Waals surface area contributed by atoms with Gasteiger partial charge in [-0.3, -0.25) is 4.79 Å². The fraction of sp³-hybridized carbons (Fsp3) is 0.571. The fourth-order valence-electron chi connectivity index (χ4n) is 2.47. The SMILES string of the molecule is CCC1CCCN(C(=O)c2cccc(Br)n2)CC1. The van der Waals surface area contributed by atoms with Crippen molar-refractivity contribution in [3.63, 3.8) is 0 Å². The number of amides is 1. The molecule has 98 valence electrons. The van der Waals surface area contributed by atoms with Crippen molar-refractivity contribution >= 4 is 21.8 Å². The van der Waals surface area contributed by atoms with Crippen LogP contribution < -0.4 is 0 Å². The van der Waals surface area contributed by atoms with Gasteiger partial charge in [0.25, 0.3) is 5.91 Å². The van der Waals surface area contributed by atoms with Gasteiger partial charge in [-0.05, 0) is 53.2 Å². The molecule has 1 aromatic rings. The Morgan fingerprint density at radius 2 is 2.28 bits per heavy atom. The van der Waals surface area contributed by atoms with Gasteiger partial charge in [-0.2, -0.15) is 0 Å². The summed E-state index contributed by atoms with van der Waals surface area (Å²) in [6.07, 6.45) is 4.69. The van der Waals surface area contributed by atoms with E-state index < -0.39 is 0 Å². The number of hydrogen-bond donors (Lipinski definition) is 0. The zero-order chi connectivity index (χ0) is 13.0. The van der Waals surface area contributed by atoms with Crippen molar-refractivity contribution in [2.45, 2.75) is 32.6 Å². The summed E-state index contributed by atoms with van der Waals surface area (Å²) in [4.78, 5) is 18.5. The lowest BCUT2D eigenvalue weighted by Gasteiger charge is -2.20. The average molecular weight is 311 g/mol. The summed E-state index contributed by atoms with van der Waals surface area (Å²) in [7, 11) is 0. The summed E-state index contributed by atoms with van der Waals surface area (Å²) in [6, 6.07) is 5.48. The molecule has 1 aromatic heterocycles. The molecule has 1 amide bonds. The number of rotatable bonds is 2. The molecule has 0 radical (unpaired) electrons. The molecule has 18 heavy (non-hydrogen) atoms. The minimum atomic E-state index is 0.0630. The largest absolute Gasteiger partial charge is 0.337 e. The number of carbonyl (C=O) groups is 1. The van der Waals surface area contributed by atoms with Crippen molar-refractivity contribution < 1.29 is 4.79 Å². The third kappa shape index (κ3) is 3.31. The lowest BCUT2D eigenvalue weighted by atomic mass is 9.98. The summed E-state index contributed by atoms with van der Waals surface area (Å²) in [5, 5.41) is 0. The van der Waals surface area contributed by atoms with Crippen molar-refractivity contribution in [3.8, 4) is 0 Å². The molecular weight excluding hydrogens is 292 g/mol. The van der Waals surface area contributed by atoms with Gasteiger partial charge in [-0.1, -0.05) is 19.4 Å². The lowest BCUT2D eigenvalue weighted by molar-refractivity contribution is 0.0754. The molecule has 0 saturated carbocycles. The molecule has 3 nitrogen and oxygen atoms in total. The molecule has 1 fully saturated rings. The Hall–Kier alpha value is -0.900. The molecule has 1 saturated heterocycles. The van der Waals surface area contributed by atoms with Gasteiger partial charge < -0.3 is 4.90 Å². The van der Waals surface area contributed by atoms with Crippen LogP contribution >= 0.6 is 15.9 Å². The van der Waals surface area contributed by atoms with Gasteiger partial charge in [-0.15, -0.1) is 0 Å². The highest BCUT2D eigenvalue weighted by Gasteiger charge is 2.21. The van der Waals surface area contributed by atoms with Gasteiger partial charge in [-0.25, -0.2) is 4.98 Å². The maximum atomic E-state index is 12.3. The molecule has 1 aliphatic rings. The van der Waals surface area contributed by atoms with E-state index in [1.165, 1.54) is 12.8 Å². The fourth-order valence-corrected chi connectivity index (χ4v) is 2.81. The van der Waals surface area contributed by atoms with Crippen molar-refractivity contribution in [2.24, 2.45) is 5.92 Å².